The molecule has 66 valence electrons. The summed E-state index contributed by atoms with van der Waals surface area (Å²) in [4.78, 5) is 10.1. The molecule has 0 rings (SSSR count). The first-order chi connectivity index (χ1) is 5.27. The van der Waals surface area contributed by atoms with Crippen LogP contribution < -0.4 is 0 Å². The van der Waals surface area contributed by atoms with Gasteiger partial charge in [-0.25, -0.2) is 0 Å². The van der Waals surface area contributed by atoms with E-state index in [9.17, 15) is 4.79 Å². The summed E-state index contributed by atoms with van der Waals surface area (Å²) in [5, 5.41) is 8.28. The van der Waals surface area contributed by atoms with Crippen molar-refractivity contribution < 1.29 is 14.6 Å². The minimum Gasteiger partial charge on any atom is -0.481 e. The van der Waals surface area contributed by atoms with Crippen molar-refractivity contribution in [3.8, 4) is 0 Å². The molecule has 0 fully saturated rings. The van der Waals surface area contributed by atoms with E-state index in [4.69, 9.17) is 9.84 Å². The van der Waals surface area contributed by atoms with Crippen LogP contribution >= 0.6 is 0 Å². The number of rotatable bonds is 7. The SMILES string of the molecule is CCOCCCCCC(=O)O. The normalized spacial score (nSPS) is 9.91. The Morgan fingerprint density at radius 2 is 2.09 bits per heavy atom. The van der Waals surface area contributed by atoms with Gasteiger partial charge in [0.15, 0.2) is 0 Å². The molecule has 0 amide bonds. The molecule has 0 aromatic rings. The molecule has 0 aromatic carbocycles. The van der Waals surface area contributed by atoms with Crippen molar-refractivity contribution in [2.45, 2.75) is 32.6 Å². The topological polar surface area (TPSA) is 46.5 Å². The molecule has 0 aliphatic heterocycles. The van der Waals surface area contributed by atoms with Gasteiger partial charge in [0.2, 0.25) is 0 Å². The molecule has 0 heterocycles. The van der Waals surface area contributed by atoms with Gasteiger partial charge in [-0.05, 0) is 19.8 Å². The molecular formula is C8H16O3. The number of carboxylic acid groups (broad SMARTS) is 1. The second-order valence-corrected chi connectivity index (χ2v) is 2.40. The Balaban J connectivity index is 2.85. The van der Waals surface area contributed by atoms with E-state index in [1.807, 2.05) is 6.92 Å². The number of hydrogen-bond donors (Lipinski definition) is 1. The van der Waals surface area contributed by atoms with E-state index in [-0.39, 0.29) is 6.42 Å². The summed E-state index contributed by atoms with van der Waals surface area (Å²) in [7, 11) is 0. The van der Waals surface area contributed by atoms with Crippen LogP contribution in [0.4, 0.5) is 0 Å². The van der Waals surface area contributed by atoms with Crippen LogP contribution in [0.1, 0.15) is 32.6 Å². The van der Waals surface area contributed by atoms with Crippen molar-refractivity contribution >= 4 is 5.97 Å². The second kappa shape index (κ2) is 7.54. The largest absolute Gasteiger partial charge is 0.481 e. The van der Waals surface area contributed by atoms with Crippen LogP contribution in [0.15, 0.2) is 0 Å². The van der Waals surface area contributed by atoms with Gasteiger partial charge >= 0.3 is 5.97 Å². The van der Waals surface area contributed by atoms with Gasteiger partial charge in [0, 0.05) is 19.6 Å². The van der Waals surface area contributed by atoms with Crippen LogP contribution in [0.3, 0.4) is 0 Å². The van der Waals surface area contributed by atoms with Crippen molar-refractivity contribution in [3.05, 3.63) is 0 Å². The molecule has 0 aliphatic carbocycles. The first-order valence-corrected chi connectivity index (χ1v) is 4.07. The van der Waals surface area contributed by atoms with Crippen LogP contribution in [-0.4, -0.2) is 24.3 Å². The Kier molecular flexibility index (Phi) is 7.15. The Morgan fingerprint density at radius 3 is 2.64 bits per heavy atom. The van der Waals surface area contributed by atoms with Crippen LogP contribution in [0, 0.1) is 0 Å². The van der Waals surface area contributed by atoms with Gasteiger partial charge < -0.3 is 9.84 Å². The van der Waals surface area contributed by atoms with E-state index in [1.165, 1.54) is 0 Å². The summed E-state index contributed by atoms with van der Waals surface area (Å²) in [6.45, 7) is 3.46. The van der Waals surface area contributed by atoms with Crippen molar-refractivity contribution in [2.75, 3.05) is 13.2 Å². The molecule has 1 N–H and O–H groups in total. The summed E-state index contributed by atoms with van der Waals surface area (Å²) in [5.41, 5.74) is 0. The maximum Gasteiger partial charge on any atom is 0.303 e. The molecule has 0 spiro atoms. The first kappa shape index (κ1) is 10.4. The van der Waals surface area contributed by atoms with E-state index in [0.717, 1.165) is 32.5 Å². The summed E-state index contributed by atoms with van der Waals surface area (Å²) in [5.74, 6) is -0.707. The monoisotopic (exact) mass is 160 g/mol. The first-order valence-electron chi connectivity index (χ1n) is 4.07. The lowest BCUT2D eigenvalue weighted by atomic mass is 10.2. The molecule has 0 aliphatic rings. The van der Waals surface area contributed by atoms with Gasteiger partial charge in [0.1, 0.15) is 0 Å². The highest BCUT2D eigenvalue weighted by molar-refractivity contribution is 5.66. The summed E-state index contributed by atoms with van der Waals surface area (Å²) in [6.07, 6.45) is 2.97. The maximum absolute atomic E-state index is 10.1. The fourth-order valence-electron chi connectivity index (χ4n) is 0.801. The molecule has 3 nitrogen and oxygen atoms in total. The third kappa shape index (κ3) is 9.43. The lowest BCUT2D eigenvalue weighted by Crippen LogP contribution is -1.96. The smallest absolute Gasteiger partial charge is 0.303 e. The Hall–Kier alpha value is -0.570. The molecular weight excluding hydrogens is 144 g/mol. The number of carbonyl (C=O) groups is 1. The van der Waals surface area contributed by atoms with E-state index >= 15 is 0 Å². The summed E-state index contributed by atoms with van der Waals surface area (Å²) in [6, 6.07) is 0. The highest BCUT2D eigenvalue weighted by Gasteiger charge is 1.95. The van der Waals surface area contributed by atoms with E-state index < -0.39 is 5.97 Å². The van der Waals surface area contributed by atoms with Crippen molar-refractivity contribution in [1.82, 2.24) is 0 Å². The number of hydrogen-bond acceptors (Lipinski definition) is 2. The zero-order valence-corrected chi connectivity index (χ0v) is 7.01. The van der Waals surface area contributed by atoms with Crippen LogP contribution in [0.2, 0.25) is 0 Å². The molecule has 0 bridgehead atoms. The van der Waals surface area contributed by atoms with Crippen molar-refractivity contribution in [1.29, 1.82) is 0 Å². The standard InChI is InChI=1S/C8H16O3/c1-2-11-7-5-3-4-6-8(9)10/h2-7H2,1H3,(H,9,10). The van der Waals surface area contributed by atoms with E-state index in [0.29, 0.717) is 0 Å². The highest BCUT2D eigenvalue weighted by Crippen LogP contribution is 1.99. The predicted octanol–water partition coefficient (Wildman–Crippen LogP) is 1.67. The third-order valence-corrected chi connectivity index (χ3v) is 1.38. The second-order valence-electron chi connectivity index (χ2n) is 2.40. The maximum atomic E-state index is 10.1. The van der Waals surface area contributed by atoms with Gasteiger partial charge in [0.05, 0.1) is 0 Å². The fraction of sp³-hybridized carbons (Fsp3) is 0.875. The quantitative estimate of drug-likeness (QED) is 0.576. The number of aliphatic carboxylic acids is 1. The molecule has 0 saturated heterocycles. The Bertz CT molecular complexity index is 102. The summed E-state index contributed by atoms with van der Waals surface area (Å²) >= 11 is 0. The van der Waals surface area contributed by atoms with Gasteiger partial charge in [0.25, 0.3) is 0 Å². The van der Waals surface area contributed by atoms with Crippen LogP contribution in [0.5, 0.6) is 0 Å². The van der Waals surface area contributed by atoms with Crippen molar-refractivity contribution in [3.63, 3.8) is 0 Å². The third-order valence-electron chi connectivity index (χ3n) is 1.38. The zero-order chi connectivity index (χ0) is 8.53. The van der Waals surface area contributed by atoms with Gasteiger partial charge in [-0.3, -0.25) is 4.79 Å². The molecule has 0 unspecified atom stereocenters. The highest BCUT2D eigenvalue weighted by atomic mass is 16.5. The Morgan fingerprint density at radius 1 is 1.36 bits per heavy atom. The molecule has 0 aromatic heterocycles. The molecule has 0 saturated carbocycles. The average Bonchev–Trinajstić information content (AvgIpc) is 1.96. The van der Waals surface area contributed by atoms with Crippen LogP contribution in [0.25, 0.3) is 0 Å². The molecule has 3 heteroatoms. The Labute approximate surface area is 67.4 Å². The lowest BCUT2D eigenvalue weighted by Gasteiger charge is -1.99. The number of carboxylic acids is 1. The lowest BCUT2D eigenvalue weighted by molar-refractivity contribution is -0.137. The van der Waals surface area contributed by atoms with E-state index in [1.54, 1.807) is 0 Å². The van der Waals surface area contributed by atoms with Gasteiger partial charge in [-0.15, -0.1) is 0 Å². The molecule has 11 heavy (non-hydrogen) atoms. The predicted molar refractivity (Wildman–Crippen MR) is 42.6 cm³/mol. The molecule has 0 radical (unpaired) electrons. The minimum absolute atomic E-state index is 0.284. The van der Waals surface area contributed by atoms with Crippen LogP contribution in [-0.2, 0) is 9.53 Å². The minimum atomic E-state index is -0.707. The number of unbranched alkanes of at least 4 members (excludes halogenated alkanes) is 2. The van der Waals surface area contributed by atoms with E-state index in [2.05, 4.69) is 0 Å². The zero-order valence-electron chi connectivity index (χ0n) is 7.01. The van der Waals surface area contributed by atoms with Gasteiger partial charge in [-0.1, -0.05) is 6.42 Å². The average molecular weight is 160 g/mol. The molecule has 0 atom stereocenters. The fourth-order valence-corrected chi connectivity index (χ4v) is 0.801. The number of ether oxygens (including phenoxy) is 1. The summed E-state index contributed by atoms with van der Waals surface area (Å²) < 4.78 is 5.09. The van der Waals surface area contributed by atoms with Crippen molar-refractivity contribution in [2.24, 2.45) is 0 Å². The van der Waals surface area contributed by atoms with Gasteiger partial charge in [-0.2, -0.15) is 0 Å².